The minimum Gasteiger partial charge on any atom is -0.443 e. The van der Waals surface area contributed by atoms with Crippen molar-refractivity contribution in [3.63, 3.8) is 0 Å². The fourth-order valence-corrected chi connectivity index (χ4v) is 8.09. The maximum absolute atomic E-state index is 13.4. The molecule has 10 nitrogen and oxygen atoms in total. The first-order chi connectivity index (χ1) is 17.6. The van der Waals surface area contributed by atoms with Crippen LogP contribution < -0.4 is 5.48 Å². The predicted octanol–water partition coefficient (Wildman–Crippen LogP) is 2.53. The Hall–Kier alpha value is -2.21. The Morgan fingerprint density at radius 3 is 2.32 bits per heavy atom. The molecule has 1 aromatic carbocycles. The van der Waals surface area contributed by atoms with Crippen LogP contribution in [0.4, 0.5) is 4.79 Å². The van der Waals surface area contributed by atoms with Crippen molar-refractivity contribution in [2.75, 3.05) is 31.9 Å². The Morgan fingerprint density at radius 1 is 1.05 bits per heavy atom. The van der Waals surface area contributed by atoms with E-state index in [0.717, 1.165) is 12.8 Å². The molecule has 1 aromatic rings. The molecule has 2 amide bonds. The summed E-state index contributed by atoms with van der Waals surface area (Å²) in [6.07, 6.45) is 2.77. The quantitative estimate of drug-likeness (QED) is 0.375. The summed E-state index contributed by atoms with van der Waals surface area (Å²) < 4.78 is 33.8. The molecule has 2 atom stereocenters. The van der Waals surface area contributed by atoms with E-state index >= 15 is 0 Å². The molecular formula is C26H39N3O7S. The summed E-state index contributed by atoms with van der Waals surface area (Å²) in [4.78, 5) is 26.9. The average Bonchev–Trinajstić information content (AvgIpc) is 2.90. The van der Waals surface area contributed by atoms with Crippen LogP contribution in [0.2, 0.25) is 0 Å². The van der Waals surface area contributed by atoms with Gasteiger partial charge in [0.05, 0.1) is 17.3 Å². The fourth-order valence-electron chi connectivity index (χ4n) is 6.02. The number of carbonyl (C=O) groups is 2. The largest absolute Gasteiger partial charge is 0.443 e. The van der Waals surface area contributed by atoms with Crippen molar-refractivity contribution < 1.29 is 33.1 Å². The Kier molecular flexibility index (Phi) is 8.77. The van der Waals surface area contributed by atoms with Crippen molar-refractivity contribution in [1.82, 2.24) is 14.7 Å². The van der Waals surface area contributed by atoms with E-state index in [9.17, 15) is 28.3 Å². The lowest BCUT2D eigenvalue weighted by Gasteiger charge is -2.41. The van der Waals surface area contributed by atoms with Crippen LogP contribution in [0.1, 0.15) is 68.4 Å². The number of hydroxylamine groups is 1. The van der Waals surface area contributed by atoms with Gasteiger partial charge in [0.15, 0.2) is 0 Å². The highest BCUT2D eigenvalue weighted by Crippen LogP contribution is 2.37. The molecule has 11 heteroatoms. The Morgan fingerprint density at radius 2 is 1.70 bits per heavy atom. The molecule has 2 aliphatic heterocycles. The topological polar surface area (TPSA) is 136 Å². The van der Waals surface area contributed by atoms with Gasteiger partial charge in [-0.3, -0.25) is 10.0 Å². The van der Waals surface area contributed by atoms with Crippen molar-refractivity contribution in [2.24, 2.45) is 5.41 Å². The van der Waals surface area contributed by atoms with Gasteiger partial charge in [-0.15, -0.1) is 0 Å². The molecule has 3 fully saturated rings. The third-order valence-corrected chi connectivity index (χ3v) is 10.5. The summed E-state index contributed by atoms with van der Waals surface area (Å²) in [6.45, 7) is 3.07. The van der Waals surface area contributed by atoms with Gasteiger partial charge in [-0.05, 0) is 68.9 Å². The number of rotatable bonds is 6. The molecule has 1 aliphatic carbocycles. The number of sulfonamides is 1. The smallest absolute Gasteiger partial charge is 0.410 e. The molecule has 0 bridgehead atoms. The number of likely N-dealkylation sites (tertiary alicyclic amines) is 1. The highest BCUT2D eigenvalue weighted by molar-refractivity contribution is 7.89. The summed E-state index contributed by atoms with van der Waals surface area (Å²) in [5.41, 5.74) is 2.76. The van der Waals surface area contributed by atoms with Gasteiger partial charge in [0.25, 0.3) is 5.91 Å². The van der Waals surface area contributed by atoms with Gasteiger partial charge in [0.1, 0.15) is 6.10 Å². The van der Waals surface area contributed by atoms with E-state index in [4.69, 9.17) is 4.74 Å². The molecule has 206 valence electrons. The molecule has 3 aliphatic rings. The van der Waals surface area contributed by atoms with Crippen LogP contribution in [0.5, 0.6) is 0 Å². The normalized spacial score (nSPS) is 25.4. The zero-order chi connectivity index (χ0) is 26.6. The number of piperidine rings is 2. The van der Waals surface area contributed by atoms with E-state index < -0.39 is 45.4 Å². The van der Waals surface area contributed by atoms with E-state index in [0.29, 0.717) is 44.7 Å². The monoisotopic (exact) mass is 537 g/mol. The number of hydrogen-bond acceptors (Lipinski definition) is 7. The van der Waals surface area contributed by atoms with Gasteiger partial charge in [0, 0.05) is 26.2 Å². The number of aliphatic hydroxyl groups is 1. The van der Waals surface area contributed by atoms with Crippen LogP contribution in [0, 0.1) is 12.3 Å². The molecule has 2 heterocycles. The number of carbonyl (C=O) groups excluding carboxylic acids is 2. The lowest BCUT2D eigenvalue weighted by atomic mass is 9.79. The van der Waals surface area contributed by atoms with Crippen LogP contribution in [0.15, 0.2) is 24.3 Å². The number of hydrogen-bond donors (Lipinski definition) is 3. The molecule has 1 saturated carbocycles. The first kappa shape index (κ1) is 27.8. The summed E-state index contributed by atoms with van der Waals surface area (Å²) in [5.74, 6) is -0.882. The number of aliphatic hydroxyl groups excluding tert-OH is 1. The SMILES string of the molecule is Cc1ccccc1C1CCN(S(=O)(=O)CC2(C(=O)NO)CCN(C(=O)O[C@@H]3CCCC[C@@H]3O)CC2)CC1. The van der Waals surface area contributed by atoms with E-state index in [1.165, 1.54) is 20.3 Å². The fraction of sp³-hybridized carbons (Fsp3) is 0.692. The van der Waals surface area contributed by atoms with Crippen molar-refractivity contribution in [3.05, 3.63) is 35.4 Å². The van der Waals surface area contributed by atoms with Crippen molar-refractivity contribution in [3.8, 4) is 0 Å². The van der Waals surface area contributed by atoms with Crippen LogP contribution in [0.25, 0.3) is 0 Å². The Labute approximate surface area is 219 Å². The van der Waals surface area contributed by atoms with Crippen LogP contribution >= 0.6 is 0 Å². The van der Waals surface area contributed by atoms with Crippen LogP contribution in [-0.4, -0.2) is 84.1 Å². The second kappa shape index (κ2) is 11.7. The van der Waals surface area contributed by atoms with Crippen molar-refractivity contribution in [1.29, 1.82) is 0 Å². The first-order valence-electron chi connectivity index (χ1n) is 13.3. The molecule has 0 unspecified atom stereocenters. The Balaban J connectivity index is 1.37. The average molecular weight is 538 g/mol. The van der Waals surface area contributed by atoms with E-state index in [1.807, 2.05) is 12.1 Å². The van der Waals surface area contributed by atoms with Crippen LogP contribution in [-0.2, 0) is 19.6 Å². The number of aryl methyl sites for hydroxylation is 1. The van der Waals surface area contributed by atoms with Gasteiger partial charge in [-0.25, -0.2) is 23.0 Å². The number of nitrogens with zero attached hydrogens (tertiary/aromatic N) is 2. The third-order valence-electron chi connectivity index (χ3n) is 8.42. The minimum absolute atomic E-state index is 0.0839. The predicted molar refractivity (Wildman–Crippen MR) is 136 cm³/mol. The number of amides is 2. The second-order valence-electron chi connectivity index (χ2n) is 10.8. The lowest BCUT2D eigenvalue weighted by molar-refractivity contribution is -0.141. The molecular weight excluding hydrogens is 498 g/mol. The highest BCUT2D eigenvalue weighted by Gasteiger charge is 2.47. The molecule has 37 heavy (non-hydrogen) atoms. The molecule has 0 aromatic heterocycles. The van der Waals surface area contributed by atoms with Crippen molar-refractivity contribution in [2.45, 2.75) is 76.4 Å². The summed E-state index contributed by atoms with van der Waals surface area (Å²) in [7, 11) is -3.79. The number of benzene rings is 1. The van der Waals surface area contributed by atoms with Gasteiger partial charge < -0.3 is 14.7 Å². The molecule has 3 N–H and O–H groups in total. The standard InChI is InChI=1S/C26H39N3O7S/c1-19-6-2-3-7-21(19)20-10-14-29(15-11-20)37(34,35)18-26(24(31)27-33)12-16-28(17-13-26)25(32)36-23-9-5-4-8-22(23)30/h2-3,6-7,20,22-23,30,33H,4-5,8-18H2,1H3,(H,27,31)/t22-,23+/m0/s1. The van der Waals surface area contributed by atoms with E-state index in [1.54, 1.807) is 5.48 Å². The maximum Gasteiger partial charge on any atom is 0.410 e. The van der Waals surface area contributed by atoms with Gasteiger partial charge in [-0.2, -0.15) is 0 Å². The zero-order valence-corrected chi connectivity index (χ0v) is 22.3. The highest BCUT2D eigenvalue weighted by atomic mass is 32.2. The summed E-state index contributed by atoms with van der Waals surface area (Å²) >= 11 is 0. The maximum atomic E-state index is 13.4. The zero-order valence-electron chi connectivity index (χ0n) is 21.5. The van der Waals surface area contributed by atoms with Crippen LogP contribution in [0.3, 0.4) is 0 Å². The Bertz CT molecular complexity index is 1060. The number of ether oxygens (including phenoxy) is 1. The molecule has 0 radical (unpaired) electrons. The second-order valence-corrected chi connectivity index (χ2v) is 12.7. The van der Waals surface area contributed by atoms with Gasteiger partial charge in [0.2, 0.25) is 10.0 Å². The van der Waals surface area contributed by atoms with E-state index in [2.05, 4.69) is 19.1 Å². The van der Waals surface area contributed by atoms with Gasteiger partial charge in [-0.1, -0.05) is 30.7 Å². The molecule has 4 rings (SSSR count). The lowest BCUT2D eigenvalue weighted by Crippen LogP contribution is -2.55. The third kappa shape index (κ3) is 6.27. The van der Waals surface area contributed by atoms with E-state index in [-0.39, 0.29) is 25.9 Å². The first-order valence-corrected chi connectivity index (χ1v) is 14.9. The van der Waals surface area contributed by atoms with Crippen molar-refractivity contribution >= 4 is 22.0 Å². The molecule has 0 spiro atoms. The minimum atomic E-state index is -3.79. The summed E-state index contributed by atoms with van der Waals surface area (Å²) in [5, 5.41) is 19.5. The summed E-state index contributed by atoms with van der Waals surface area (Å²) in [6, 6.07) is 8.16. The number of nitrogens with one attached hydrogen (secondary N) is 1. The molecule has 2 saturated heterocycles. The van der Waals surface area contributed by atoms with Gasteiger partial charge >= 0.3 is 6.09 Å².